The van der Waals surface area contributed by atoms with Crippen molar-refractivity contribution >= 4 is 6.08 Å². The number of hydrogen-bond donors (Lipinski definition) is 1. The highest BCUT2D eigenvalue weighted by atomic mass is 16.3. The van der Waals surface area contributed by atoms with Gasteiger partial charge in [-0.2, -0.15) is 0 Å². The molecule has 0 amide bonds. The van der Waals surface area contributed by atoms with Crippen molar-refractivity contribution in [2.24, 2.45) is 5.41 Å². The van der Waals surface area contributed by atoms with Gasteiger partial charge < -0.3 is 5.11 Å². The molecular weight excluding hydrogens is 270 g/mol. The second kappa shape index (κ2) is 5.69. The third-order valence-electron chi connectivity index (χ3n) is 4.87. The zero-order valence-corrected chi connectivity index (χ0v) is 13.3. The Labute approximate surface area is 132 Å². The van der Waals surface area contributed by atoms with E-state index in [0.717, 1.165) is 36.1 Å². The van der Waals surface area contributed by atoms with E-state index in [0.29, 0.717) is 0 Å². The van der Waals surface area contributed by atoms with E-state index in [2.05, 4.69) is 37.0 Å². The van der Waals surface area contributed by atoms with E-state index in [1.165, 1.54) is 0 Å². The molecular formula is C20H23NO. The molecule has 22 heavy (non-hydrogen) atoms. The van der Waals surface area contributed by atoms with Crippen molar-refractivity contribution in [3.05, 3.63) is 71.6 Å². The Morgan fingerprint density at radius 2 is 1.77 bits per heavy atom. The van der Waals surface area contributed by atoms with Crippen molar-refractivity contribution in [3.63, 3.8) is 0 Å². The fourth-order valence-corrected chi connectivity index (χ4v) is 3.53. The highest BCUT2D eigenvalue weighted by Crippen LogP contribution is 2.52. The van der Waals surface area contributed by atoms with E-state index in [9.17, 15) is 5.11 Å². The van der Waals surface area contributed by atoms with Gasteiger partial charge in [-0.1, -0.05) is 56.3 Å². The molecule has 1 aliphatic rings. The molecule has 0 unspecified atom stereocenters. The first-order valence-electron chi connectivity index (χ1n) is 7.94. The number of aromatic nitrogens is 1. The van der Waals surface area contributed by atoms with Crippen molar-refractivity contribution in [1.82, 2.24) is 4.98 Å². The summed E-state index contributed by atoms with van der Waals surface area (Å²) >= 11 is 0. The average Bonchev–Trinajstić information content (AvgIpc) is 2.53. The van der Waals surface area contributed by atoms with Crippen LogP contribution in [0.1, 0.15) is 44.4 Å². The first kappa shape index (κ1) is 15.0. The minimum Gasteiger partial charge on any atom is -0.379 e. The van der Waals surface area contributed by atoms with Crippen LogP contribution in [-0.2, 0) is 5.60 Å². The minimum absolute atomic E-state index is 0.236. The quantitative estimate of drug-likeness (QED) is 0.880. The lowest BCUT2D eigenvalue weighted by Crippen LogP contribution is -2.46. The number of aliphatic hydroxyl groups is 1. The molecule has 1 aromatic carbocycles. The molecule has 114 valence electrons. The molecule has 2 heteroatoms. The lowest BCUT2D eigenvalue weighted by Gasteiger charge is -2.47. The van der Waals surface area contributed by atoms with E-state index in [1.54, 1.807) is 6.20 Å². The summed E-state index contributed by atoms with van der Waals surface area (Å²) in [6, 6.07) is 16.0. The van der Waals surface area contributed by atoms with Crippen LogP contribution in [0.15, 0.2) is 60.3 Å². The van der Waals surface area contributed by atoms with Crippen LogP contribution in [0.2, 0.25) is 0 Å². The smallest absolute Gasteiger partial charge is 0.133 e. The fourth-order valence-electron chi connectivity index (χ4n) is 3.53. The van der Waals surface area contributed by atoms with E-state index >= 15 is 0 Å². The molecule has 1 aliphatic carbocycles. The fraction of sp³-hybridized carbons (Fsp3) is 0.350. The summed E-state index contributed by atoms with van der Waals surface area (Å²) in [4.78, 5) is 4.47. The molecule has 1 atom stereocenters. The number of hydrogen-bond acceptors (Lipinski definition) is 2. The molecule has 0 saturated heterocycles. The number of pyridine rings is 1. The van der Waals surface area contributed by atoms with Crippen LogP contribution in [-0.4, -0.2) is 10.1 Å². The van der Waals surface area contributed by atoms with Crippen LogP contribution >= 0.6 is 0 Å². The Hall–Kier alpha value is -1.93. The Morgan fingerprint density at radius 1 is 1.05 bits per heavy atom. The van der Waals surface area contributed by atoms with Gasteiger partial charge in [0.2, 0.25) is 0 Å². The van der Waals surface area contributed by atoms with Crippen LogP contribution < -0.4 is 0 Å². The third-order valence-corrected chi connectivity index (χ3v) is 4.87. The highest BCUT2D eigenvalue weighted by Gasteiger charge is 2.50. The molecule has 0 spiro atoms. The molecule has 1 saturated carbocycles. The maximum absolute atomic E-state index is 11.7. The summed E-state index contributed by atoms with van der Waals surface area (Å²) in [5.74, 6) is 0. The molecule has 3 rings (SSSR count). The number of rotatable bonds is 2. The van der Waals surface area contributed by atoms with Gasteiger partial charge in [-0.05, 0) is 42.5 Å². The summed E-state index contributed by atoms with van der Waals surface area (Å²) in [7, 11) is 0. The Morgan fingerprint density at radius 3 is 2.45 bits per heavy atom. The van der Waals surface area contributed by atoms with Gasteiger partial charge in [0.05, 0.1) is 5.69 Å². The van der Waals surface area contributed by atoms with Gasteiger partial charge in [-0.3, -0.25) is 4.98 Å². The summed E-state index contributed by atoms with van der Waals surface area (Å²) in [6.07, 6.45) is 6.89. The molecule has 2 nitrogen and oxygen atoms in total. The first-order chi connectivity index (χ1) is 10.5. The minimum atomic E-state index is -1.01. The standard InChI is InChI=1S/C20H23NO/c1-19(2)13-8-11-17(15-16-9-4-3-5-10-16)20(19,22)18-12-6-7-14-21-18/h3-7,9-10,12,14-15,22H,8,11,13H2,1-2H3/b17-15+/t20-/m1/s1. The summed E-state index contributed by atoms with van der Waals surface area (Å²) < 4.78 is 0. The van der Waals surface area contributed by atoms with E-state index < -0.39 is 5.60 Å². The van der Waals surface area contributed by atoms with Crippen LogP contribution in [0.25, 0.3) is 6.08 Å². The molecule has 2 aromatic rings. The molecule has 1 fully saturated rings. The van der Waals surface area contributed by atoms with Gasteiger partial charge in [0.15, 0.2) is 0 Å². The zero-order valence-electron chi connectivity index (χ0n) is 13.3. The molecule has 1 aromatic heterocycles. The van der Waals surface area contributed by atoms with Crippen molar-refractivity contribution in [1.29, 1.82) is 0 Å². The van der Waals surface area contributed by atoms with Gasteiger partial charge in [0.25, 0.3) is 0 Å². The SMILES string of the molecule is CC1(C)CCC/C(=C\c2ccccc2)[C@@]1(O)c1ccccn1. The summed E-state index contributed by atoms with van der Waals surface area (Å²) in [5, 5.41) is 11.7. The molecule has 0 bridgehead atoms. The van der Waals surface area contributed by atoms with E-state index in [-0.39, 0.29) is 5.41 Å². The van der Waals surface area contributed by atoms with Crippen molar-refractivity contribution < 1.29 is 5.11 Å². The maximum atomic E-state index is 11.7. The topological polar surface area (TPSA) is 33.1 Å². The molecule has 0 radical (unpaired) electrons. The third kappa shape index (κ3) is 2.48. The van der Waals surface area contributed by atoms with Crippen LogP contribution in [0, 0.1) is 5.41 Å². The summed E-state index contributed by atoms with van der Waals surface area (Å²) in [5.41, 5.74) is 1.70. The van der Waals surface area contributed by atoms with Gasteiger partial charge in [-0.15, -0.1) is 0 Å². The largest absolute Gasteiger partial charge is 0.379 e. The number of nitrogens with zero attached hydrogens (tertiary/aromatic N) is 1. The van der Waals surface area contributed by atoms with Crippen LogP contribution in [0.4, 0.5) is 0 Å². The lowest BCUT2D eigenvalue weighted by molar-refractivity contribution is -0.0638. The normalized spacial score (nSPS) is 26.0. The first-order valence-corrected chi connectivity index (χ1v) is 7.94. The predicted molar refractivity (Wildman–Crippen MR) is 90.2 cm³/mol. The predicted octanol–water partition coefficient (Wildman–Crippen LogP) is 4.56. The average molecular weight is 293 g/mol. The van der Waals surface area contributed by atoms with Gasteiger partial charge >= 0.3 is 0 Å². The molecule has 0 aliphatic heterocycles. The zero-order chi connectivity index (χ0) is 15.6. The summed E-state index contributed by atoms with van der Waals surface area (Å²) in [6.45, 7) is 4.28. The second-order valence-corrected chi connectivity index (χ2v) is 6.74. The van der Waals surface area contributed by atoms with Crippen molar-refractivity contribution in [2.75, 3.05) is 0 Å². The second-order valence-electron chi connectivity index (χ2n) is 6.74. The van der Waals surface area contributed by atoms with Crippen LogP contribution in [0.3, 0.4) is 0 Å². The maximum Gasteiger partial charge on any atom is 0.133 e. The monoisotopic (exact) mass is 293 g/mol. The van der Waals surface area contributed by atoms with Gasteiger partial charge in [-0.25, -0.2) is 0 Å². The highest BCUT2D eigenvalue weighted by molar-refractivity contribution is 5.57. The Kier molecular flexibility index (Phi) is 3.88. The number of benzene rings is 1. The van der Waals surface area contributed by atoms with E-state index in [4.69, 9.17) is 0 Å². The lowest BCUT2D eigenvalue weighted by atomic mass is 9.61. The Bertz CT molecular complexity index is 661. The van der Waals surface area contributed by atoms with Gasteiger partial charge in [0.1, 0.15) is 5.60 Å². The molecule has 1 N–H and O–H groups in total. The van der Waals surface area contributed by atoms with Gasteiger partial charge in [0, 0.05) is 11.6 Å². The molecule has 1 heterocycles. The van der Waals surface area contributed by atoms with Crippen molar-refractivity contribution in [3.8, 4) is 0 Å². The Balaban J connectivity index is 2.13. The van der Waals surface area contributed by atoms with Crippen LogP contribution in [0.5, 0.6) is 0 Å². The van der Waals surface area contributed by atoms with E-state index in [1.807, 2.05) is 36.4 Å². The van der Waals surface area contributed by atoms with Crippen molar-refractivity contribution in [2.45, 2.75) is 38.7 Å².